The Balaban J connectivity index is 1.46. The molecule has 2 saturated heterocycles. The van der Waals surface area contributed by atoms with E-state index in [9.17, 15) is 4.79 Å². The van der Waals surface area contributed by atoms with Crippen molar-refractivity contribution in [3.8, 4) is 0 Å². The molecule has 2 fully saturated rings. The topological polar surface area (TPSA) is 57.7 Å². The van der Waals surface area contributed by atoms with Gasteiger partial charge in [0, 0.05) is 43.8 Å². The van der Waals surface area contributed by atoms with Crippen molar-refractivity contribution in [2.45, 2.75) is 26.8 Å². The van der Waals surface area contributed by atoms with Crippen LogP contribution >= 0.6 is 11.3 Å². The highest BCUT2D eigenvalue weighted by Gasteiger charge is 2.29. The van der Waals surface area contributed by atoms with Gasteiger partial charge in [0.1, 0.15) is 0 Å². The van der Waals surface area contributed by atoms with E-state index < -0.39 is 0 Å². The zero-order valence-corrected chi connectivity index (χ0v) is 15.4. The zero-order valence-electron chi connectivity index (χ0n) is 14.6. The summed E-state index contributed by atoms with van der Waals surface area (Å²) in [6, 6.07) is 0. The van der Waals surface area contributed by atoms with Gasteiger partial charge in [0.05, 0.1) is 19.1 Å². The van der Waals surface area contributed by atoms with Gasteiger partial charge < -0.3 is 15.0 Å². The number of carbonyl (C=O) groups is 1. The lowest BCUT2D eigenvalue weighted by molar-refractivity contribution is -0.119. The van der Waals surface area contributed by atoms with Crippen LogP contribution in [0.15, 0.2) is 6.20 Å². The standard InChI is InChI=1S/C17H27N4O2S/c1-13(2)10-21-4-3-14(11-21)16(22)19-17-18-9-15(24-17)12-20-5-7-23-8-6-20/h9,14H,3-8,10-12H2,1-2H3,(H,18,19,22). The van der Waals surface area contributed by atoms with Crippen molar-refractivity contribution in [2.24, 2.45) is 5.92 Å². The van der Waals surface area contributed by atoms with Crippen LogP contribution in [0.25, 0.3) is 0 Å². The third-order valence-electron chi connectivity index (χ3n) is 4.45. The van der Waals surface area contributed by atoms with Gasteiger partial charge >= 0.3 is 0 Å². The Kier molecular flexibility index (Phi) is 6.21. The van der Waals surface area contributed by atoms with Crippen molar-refractivity contribution in [3.05, 3.63) is 17.0 Å². The van der Waals surface area contributed by atoms with Crippen molar-refractivity contribution >= 4 is 22.4 Å². The van der Waals surface area contributed by atoms with Crippen molar-refractivity contribution in [1.29, 1.82) is 0 Å². The number of carbonyl (C=O) groups excluding carboxylic acids is 1. The lowest BCUT2D eigenvalue weighted by Gasteiger charge is -2.25. The predicted molar refractivity (Wildman–Crippen MR) is 96.0 cm³/mol. The largest absolute Gasteiger partial charge is 0.379 e. The van der Waals surface area contributed by atoms with Crippen molar-refractivity contribution in [2.75, 3.05) is 51.3 Å². The quantitative estimate of drug-likeness (QED) is 0.848. The number of hydrogen-bond acceptors (Lipinski definition) is 6. The number of nitrogens with zero attached hydrogens (tertiary/aromatic N) is 3. The van der Waals surface area contributed by atoms with Crippen LogP contribution in [0.2, 0.25) is 0 Å². The molecule has 6 nitrogen and oxygen atoms in total. The van der Waals surface area contributed by atoms with Crippen molar-refractivity contribution in [3.63, 3.8) is 0 Å². The maximum Gasteiger partial charge on any atom is 0.230 e. The Morgan fingerprint density at radius 3 is 2.88 bits per heavy atom. The van der Waals surface area contributed by atoms with Crippen LogP contribution in [0.4, 0.5) is 5.13 Å². The normalized spacial score (nSPS) is 23.0. The summed E-state index contributed by atoms with van der Waals surface area (Å²) >= 11 is 1.58. The molecular weight excluding hydrogens is 324 g/mol. The van der Waals surface area contributed by atoms with Gasteiger partial charge in [0.25, 0.3) is 0 Å². The first-order valence-corrected chi connectivity index (χ1v) is 9.49. The molecule has 1 radical (unpaired) electrons. The molecule has 3 heterocycles. The van der Waals surface area contributed by atoms with Crippen LogP contribution in [0.3, 0.4) is 0 Å². The summed E-state index contributed by atoms with van der Waals surface area (Å²) in [7, 11) is 0. The molecule has 0 bridgehead atoms. The molecule has 1 amide bonds. The number of likely N-dealkylation sites (tertiary alicyclic amines) is 1. The fourth-order valence-electron chi connectivity index (χ4n) is 3.26. The van der Waals surface area contributed by atoms with Crippen LogP contribution < -0.4 is 5.32 Å². The summed E-state index contributed by atoms with van der Waals surface area (Å²) in [4.78, 5) is 22.7. The van der Waals surface area contributed by atoms with E-state index in [1.54, 1.807) is 11.3 Å². The number of thiazole rings is 1. The number of ether oxygens (including phenoxy) is 1. The second-order valence-corrected chi connectivity index (χ2v) is 8.05. The third kappa shape index (κ3) is 4.99. The Hall–Kier alpha value is -1.02. The Labute approximate surface area is 148 Å². The Morgan fingerprint density at radius 1 is 1.33 bits per heavy atom. The number of amides is 1. The lowest BCUT2D eigenvalue weighted by atomic mass is 10.1. The summed E-state index contributed by atoms with van der Waals surface area (Å²) in [5.74, 6) is 1.58. The highest BCUT2D eigenvalue weighted by Crippen LogP contribution is 2.23. The van der Waals surface area contributed by atoms with Gasteiger partial charge in [-0.1, -0.05) is 13.8 Å². The van der Waals surface area contributed by atoms with E-state index in [0.717, 1.165) is 64.0 Å². The van der Waals surface area contributed by atoms with Gasteiger partial charge in [-0.25, -0.2) is 4.98 Å². The highest BCUT2D eigenvalue weighted by molar-refractivity contribution is 7.15. The van der Waals surface area contributed by atoms with Crippen LogP contribution in [-0.2, 0) is 16.1 Å². The Bertz CT molecular complexity index is 542. The number of morpholine rings is 1. The number of hydrogen-bond donors (Lipinski definition) is 1. The van der Waals surface area contributed by atoms with Gasteiger partial charge in [-0.2, -0.15) is 0 Å². The van der Waals surface area contributed by atoms with Crippen LogP contribution in [0.5, 0.6) is 0 Å². The molecule has 1 atom stereocenters. The van der Waals surface area contributed by atoms with E-state index in [2.05, 4.69) is 33.9 Å². The van der Waals surface area contributed by atoms with Gasteiger partial charge in [0.15, 0.2) is 5.13 Å². The summed E-state index contributed by atoms with van der Waals surface area (Å²) in [6.07, 6.45) is 2.82. The molecule has 1 N–H and O–H groups in total. The molecular formula is C17H27N4O2S. The smallest absolute Gasteiger partial charge is 0.230 e. The maximum absolute atomic E-state index is 12.4. The molecule has 2 aliphatic rings. The van der Waals surface area contributed by atoms with Crippen LogP contribution in [0.1, 0.15) is 25.1 Å². The fraction of sp³-hybridized carbons (Fsp3) is 0.706. The number of aromatic nitrogens is 1. The Morgan fingerprint density at radius 2 is 2.12 bits per heavy atom. The van der Waals surface area contributed by atoms with Gasteiger partial charge in [-0.3, -0.25) is 9.69 Å². The van der Waals surface area contributed by atoms with Gasteiger partial charge in [-0.05, 0) is 18.9 Å². The van der Waals surface area contributed by atoms with E-state index in [-0.39, 0.29) is 11.8 Å². The molecule has 7 heteroatoms. The minimum atomic E-state index is 0.0796. The van der Waals surface area contributed by atoms with Gasteiger partial charge in [-0.15, -0.1) is 11.3 Å². The second kappa shape index (κ2) is 8.38. The number of anilines is 1. The summed E-state index contributed by atoms with van der Waals surface area (Å²) in [5, 5.41) is 3.73. The first-order valence-electron chi connectivity index (χ1n) is 8.67. The first-order chi connectivity index (χ1) is 11.6. The summed E-state index contributed by atoms with van der Waals surface area (Å²) in [6.45, 7) is 11.5. The summed E-state index contributed by atoms with van der Waals surface area (Å²) in [5.41, 5.74) is 0. The molecule has 1 aromatic heterocycles. The van der Waals surface area contributed by atoms with E-state index in [1.165, 1.54) is 10.8 Å². The average Bonchev–Trinajstić information content (AvgIpc) is 3.17. The van der Waals surface area contributed by atoms with Crippen molar-refractivity contribution < 1.29 is 9.53 Å². The fourth-order valence-corrected chi connectivity index (χ4v) is 4.12. The highest BCUT2D eigenvalue weighted by atomic mass is 32.1. The minimum Gasteiger partial charge on any atom is -0.379 e. The second-order valence-electron chi connectivity index (χ2n) is 6.94. The molecule has 3 rings (SSSR count). The van der Waals surface area contributed by atoms with E-state index >= 15 is 0 Å². The first kappa shape index (κ1) is 17.8. The van der Waals surface area contributed by atoms with Gasteiger partial charge in [0.2, 0.25) is 5.91 Å². The molecule has 0 aliphatic carbocycles. The SMILES string of the molecule is C[C](C)CN1CCC(C(=O)Nc2ncc(CN3CCOCC3)s2)C1. The monoisotopic (exact) mass is 351 g/mol. The van der Waals surface area contributed by atoms with E-state index in [4.69, 9.17) is 4.74 Å². The number of nitrogens with one attached hydrogen (secondary N) is 1. The molecule has 1 unspecified atom stereocenters. The third-order valence-corrected chi connectivity index (χ3v) is 5.35. The van der Waals surface area contributed by atoms with E-state index in [0.29, 0.717) is 0 Å². The molecule has 0 aromatic carbocycles. The molecule has 24 heavy (non-hydrogen) atoms. The number of rotatable bonds is 6. The van der Waals surface area contributed by atoms with E-state index in [1.807, 2.05) is 6.20 Å². The molecule has 1 aromatic rings. The molecule has 2 aliphatic heterocycles. The maximum atomic E-state index is 12.4. The van der Waals surface area contributed by atoms with Crippen LogP contribution in [0, 0.1) is 11.8 Å². The lowest BCUT2D eigenvalue weighted by Crippen LogP contribution is -2.35. The van der Waals surface area contributed by atoms with Crippen molar-refractivity contribution in [1.82, 2.24) is 14.8 Å². The minimum absolute atomic E-state index is 0.0796. The molecule has 133 valence electrons. The predicted octanol–water partition coefficient (Wildman–Crippen LogP) is 1.85. The molecule has 0 spiro atoms. The summed E-state index contributed by atoms with van der Waals surface area (Å²) < 4.78 is 5.37. The molecule has 0 saturated carbocycles. The average molecular weight is 351 g/mol. The van der Waals surface area contributed by atoms with Crippen LogP contribution in [-0.4, -0.2) is 66.6 Å². The zero-order chi connectivity index (χ0) is 16.9.